The van der Waals surface area contributed by atoms with Gasteiger partial charge in [0.15, 0.2) is 0 Å². The highest BCUT2D eigenvalue weighted by atomic mass is 16.5. The van der Waals surface area contributed by atoms with Gasteiger partial charge in [-0.25, -0.2) is 0 Å². The van der Waals surface area contributed by atoms with Crippen molar-refractivity contribution >= 4 is 34.1 Å². The third-order valence-corrected chi connectivity index (χ3v) is 18.4. The number of para-hydroxylation sites is 4. The zero-order valence-corrected chi connectivity index (χ0v) is 46.8. The van der Waals surface area contributed by atoms with Gasteiger partial charge in [-0.15, -0.1) is 0 Å². The van der Waals surface area contributed by atoms with Crippen molar-refractivity contribution in [1.29, 1.82) is 0 Å². The van der Waals surface area contributed by atoms with Gasteiger partial charge in [-0.1, -0.05) is 222 Å². The molecule has 1 spiro atoms. The van der Waals surface area contributed by atoms with Crippen LogP contribution >= 0.6 is 0 Å². The molecule has 0 bridgehead atoms. The Bertz CT molecular complexity index is 4300. The molecule has 0 fully saturated rings. The molecule has 2 aliphatic heterocycles. The molecule has 2 heterocycles. The molecule has 16 rings (SSSR count). The van der Waals surface area contributed by atoms with Crippen LogP contribution in [0.25, 0.3) is 44.5 Å². The van der Waals surface area contributed by atoms with Crippen molar-refractivity contribution in [2.24, 2.45) is 0 Å². The zero-order valence-electron chi connectivity index (χ0n) is 46.8. The molecule has 4 heteroatoms. The van der Waals surface area contributed by atoms with E-state index in [9.17, 15) is 0 Å². The van der Waals surface area contributed by atoms with Gasteiger partial charge in [-0.2, -0.15) is 0 Å². The molecule has 0 N–H and O–H groups in total. The van der Waals surface area contributed by atoms with Crippen LogP contribution in [0.3, 0.4) is 0 Å². The summed E-state index contributed by atoms with van der Waals surface area (Å²) in [6.45, 7) is 9.45. The van der Waals surface area contributed by atoms with Gasteiger partial charge in [0, 0.05) is 67.0 Å². The Labute approximate surface area is 485 Å². The first-order valence-corrected chi connectivity index (χ1v) is 28.9. The zero-order chi connectivity index (χ0) is 55.6. The lowest BCUT2D eigenvalue weighted by molar-refractivity contribution is 0.399. The molecule has 0 saturated heterocycles. The largest absolute Gasteiger partial charge is 0.457 e. The van der Waals surface area contributed by atoms with Gasteiger partial charge in [0.25, 0.3) is 0 Å². The number of ether oxygens (including phenoxy) is 2. The van der Waals surface area contributed by atoms with Gasteiger partial charge in [0.1, 0.15) is 23.0 Å². The molecule has 4 nitrogen and oxygen atoms in total. The molecule has 0 amide bonds. The molecule has 4 aliphatic rings. The minimum absolute atomic E-state index is 0.215. The Morgan fingerprint density at radius 1 is 0.241 bits per heavy atom. The molecule has 0 saturated carbocycles. The van der Waals surface area contributed by atoms with E-state index in [-0.39, 0.29) is 10.8 Å². The van der Waals surface area contributed by atoms with Crippen molar-refractivity contribution < 1.29 is 9.47 Å². The smallest absolute Gasteiger partial charge is 0.132 e. The SMILES string of the molecule is CC1(C)c2ccccc2-c2ccc(N(c3ccc4c(c3)C3(c5ccccc5Oc5ccccc53)c3cc(N(c5ccc6c(c5)C(C)(C)c5ccccc5-6)c5ccccc5-c5ccccc5)ccc3O4)c3ccccc3-c3ccccc3)cc21. The van der Waals surface area contributed by atoms with Crippen molar-refractivity contribution in [3.63, 3.8) is 0 Å². The lowest BCUT2D eigenvalue weighted by atomic mass is 9.62. The summed E-state index contributed by atoms with van der Waals surface area (Å²) in [6, 6.07) is 102. The highest BCUT2D eigenvalue weighted by Crippen LogP contribution is 2.64. The Balaban J connectivity index is 0.956. The average Bonchev–Trinajstić information content (AvgIpc) is 2.42. The van der Waals surface area contributed by atoms with Gasteiger partial charge >= 0.3 is 0 Å². The van der Waals surface area contributed by atoms with Gasteiger partial charge < -0.3 is 19.3 Å². The maximum Gasteiger partial charge on any atom is 0.132 e. The summed E-state index contributed by atoms with van der Waals surface area (Å²) in [5.41, 5.74) is 24.1. The molecular formula is C79H58N2O2. The molecule has 12 aromatic carbocycles. The van der Waals surface area contributed by atoms with Gasteiger partial charge in [0.2, 0.25) is 0 Å². The van der Waals surface area contributed by atoms with Crippen molar-refractivity contribution in [2.75, 3.05) is 9.80 Å². The number of nitrogens with zero attached hydrogens (tertiary/aromatic N) is 2. The van der Waals surface area contributed by atoms with E-state index in [2.05, 4.69) is 317 Å². The summed E-state index contributed by atoms with van der Waals surface area (Å²) in [7, 11) is 0. The fourth-order valence-electron chi connectivity index (χ4n) is 14.5. The van der Waals surface area contributed by atoms with Crippen molar-refractivity contribution in [3.8, 4) is 67.5 Å². The topological polar surface area (TPSA) is 24.9 Å². The Hall–Kier alpha value is -10.2. The van der Waals surface area contributed by atoms with Crippen molar-refractivity contribution in [2.45, 2.75) is 43.9 Å². The van der Waals surface area contributed by atoms with Gasteiger partial charge in [-0.05, 0) is 141 Å². The molecule has 12 aromatic rings. The molecule has 83 heavy (non-hydrogen) atoms. The minimum atomic E-state index is -0.932. The number of anilines is 6. The normalized spacial score (nSPS) is 14.5. The number of fused-ring (bicyclic) bond motifs is 14. The Morgan fingerprint density at radius 3 is 0.964 bits per heavy atom. The minimum Gasteiger partial charge on any atom is -0.457 e. The van der Waals surface area contributed by atoms with E-state index >= 15 is 0 Å². The summed E-state index contributed by atoms with van der Waals surface area (Å²) in [5, 5.41) is 0. The summed E-state index contributed by atoms with van der Waals surface area (Å²) in [4.78, 5) is 4.93. The second-order valence-electron chi connectivity index (χ2n) is 23.5. The second kappa shape index (κ2) is 18.4. The predicted octanol–water partition coefficient (Wildman–Crippen LogP) is 21.2. The van der Waals surface area contributed by atoms with Crippen LogP contribution in [-0.2, 0) is 16.2 Å². The Morgan fingerprint density at radius 2 is 0.542 bits per heavy atom. The first-order chi connectivity index (χ1) is 40.7. The summed E-state index contributed by atoms with van der Waals surface area (Å²) in [6.07, 6.45) is 0. The number of hydrogen-bond donors (Lipinski definition) is 0. The van der Waals surface area contributed by atoms with Crippen LogP contribution in [0.15, 0.2) is 279 Å². The Kier molecular flexibility index (Phi) is 10.8. The average molecular weight is 1070 g/mol. The molecule has 0 aromatic heterocycles. The van der Waals surface area contributed by atoms with E-state index < -0.39 is 5.41 Å². The fraction of sp³-hybridized carbons (Fsp3) is 0.0886. The van der Waals surface area contributed by atoms with E-state index in [4.69, 9.17) is 9.47 Å². The molecular weight excluding hydrogens is 1010 g/mol. The second-order valence-corrected chi connectivity index (χ2v) is 23.5. The van der Waals surface area contributed by atoms with Crippen molar-refractivity contribution in [3.05, 3.63) is 324 Å². The third-order valence-electron chi connectivity index (χ3n) is 18.4. The van der Waals surface area contributed by atoms with E-state index in [1.807, 2.05) is 0 Å². The third kappa shape index (κ3) is 7.25. The first-order valence-electron chi connectivity index (χ1n) is 28.9. The van der Waals surface area contributed by atoms with Crippen LogP contribution in [0.4, 0.5) is 34.1 Å². The van der Waals surface area contributed by atoms with Crippen LogP contribution in [-0.4, -0.2) is 0 Å². The van der Waals surface area contributed by atoms with E-state index in [1.165, 1.54) is 44.5 Å². The van der Waals surface area contributed by atoms with Gasteiger partial charge in [-0.3, -0.25) is 0 Å². The maximum absolute atomic E-state index is 7.38. The predicted molar refractivity (Wildman–Crippen MR) is 340 cm³/mol. The number of hydrogen-bond acceptors (Lipinski definition) is 4. The van der Waals surface area contributed by atoms with E-state index in [0.717, 1.165) is 102 Å². The lowest BCUT2D eigenvalue weighted by Gasteiger charge is -2.45. The monoisotopic (exact) mass is 1070 g/mol. The number of benzene rings is 12. The van der Waals surface area contributed by atoms with E-state index in [0.29, 0.717) is 0 Å². The summed E-state index contributed by atoms with van der Waals surface area (Å²) in [5.74, 6) is 3.18. The first kappa shape index (κ1) is 48.7. The molecule has 0 radical (unpaired) electrons. The lowest BCUT2D eigenvalue weighted by Crippen LogP contribution is -2.37. The highest BCUT2D eigenvalue weighted by Gasteiger charge is 2.51. The molecule has 2 aliphatic carbocycles. The van der Waals surface area contributed by atoms with Crippen LogP contribution in [0.5, 0.6) is 23.0 Å². The van der Waals surface area contributed by atoms with E-state index in [1.54, 1.807) is 0 Å². The van der Waals surface area contributed by atoms with Crippen LogP contribution in [0.2, 0.25) is 0 Å². The van der Waals surface area contributed by atoms with Crippen LogP contribution in [0, 0.1) is 0 Å². The van der Waals surface area contributed by atoms with Crippen molar-refractivity contribution in [1.82, 2.24) is 0 Å². The number of rotatable bonds is 8. The molecule has 0 atom stereocenters. The fourth-order valence-corrected chi connectivity index (χ4v) is 14.5. The summed E-state index contributed by atoms with van der Waals surface area (Å²) >= 11 is 0. The van der Waals surface area contributed by atoms with Crippen LogP contribution in [0.1, 0.15) is 72.2 Å². The maximum atomic E-state index is 7.38. The standard InChI is InChI=1S/C79H58N2O2/c1-77(2)63-31-15-11-29-59(63)61-43-39-53(47-67(61)77)80(71-35-19-13-27-57(71)51-23-7-5-8-24-51)55-41-45-75-69(49-55)79(65-33-17-21-37-73(65)82-74-38-22-18-34-66(74)79)70-50-56(42-46-76(70)83-75)81(72-36-20-14-28-58(72)52-25-9-6-10-26-52)54-40-44-62-60-30-12-16-32-64(60)78(3,4)68(62)48-54/h5-50H,1-4H3. The molecule has 396 valence electrons. The van der Waals surface area contributed by atoms with Gasteiger partial charge in [0.05, 0.1) is 16.8 Å². The van der Waals surface area contributed by atoms with Crippen LogP contribution < -0.4 is 19.3 Å². The quantitative estimate of drug-likeness (QED) is 0.151. The highest BCUT2D eigenvalue weighted by molar-refractivity contribution is 5.94. The molecule has 0 unspecified atom stereocenters. The summed E-state index contributed by atoms with van der Waals surface area (Å²) < 4.78 is 14.4.